The highest BCUT2D eigenvalue weighted by Gasteiger charge is 2.42. The van der Waals surface area contributed by atoms with Crippen LogP contribution in [0.2, 0.25) is 0 Å². The molecular weight excluding hydrogens is 742 g/mol. The Bertz CT molecular complexity index is 2580. The molecule has 4 aromatic heterocycles. The number of fused-ring (bicyclic) bond motifs is 6. The van der Waals surface area contributed by atoms with E-state index in [4.69, 9.17) is 19.7 Å². The summed E-state index contributed by atoms with van der Waals surface area (Å²) in [6.07, 6.45) is 1.33. The molecule has 0 radical (unpaired) electrons. The van der Waals surface area contributed by atoms with Crippen molar-refractivity contribution in [3.63, 3.8) is 0 Å². The Morgan fingerprint density at radius 1 is 0.912 bits per heavy atom. The Kier molecular flexibility index (Phi) is 9.03. The number of carbonyl (C=O) groups excluding carboxylic acids is 2. The van der Waals surface area contributed by atoms with Crippen LogP contribution in [0.1, 0.15) is 12.2 Å². The van der Waals surface area contributed by atoms with Gasteiger partial charge in [-0.3, -0.25) is 19.4 Å². The van der Waals surface area contributed by atoms with E-state index in [1.54, 1.807) is 19.1 Å². The van der Waals surface area contributed by atoms with Gasteiger partial charge in [-0.1, -0.05) is 6.07 Å². The number of aromatic nitrogens is 7. The molecule has 2 aromatic carbocycles. The number of hydrogen-bond donors (Lipinski definition) is 1. The van der Waals surface area contributed by atoms with Crippen molar-refractivity contribution in [1.82, 2.24) is 44.1 Å². The first-order valence-corrected chi connectivity index (χ1v) is 18.6. The maximum absolute atomic E-state index is 15.3. The third kappa shape index (κ3) is 6.47. The van der Waals surface area contributed by atoms with E-state index >= 15 is 8.78 Å². The molecule has 3 atom stereocenters. The quantitative estimate of drug-likeness (QED) is 0.280. The van der Waals surface area contributed by atoms with E-state index in [-0.39, 0.29) is 54.8 Å². The molecule has 15 nitrogen and oxygen atoms in total. The van der Waals surface area contributed by atoms with Crippen LogP contribution in [0.3, 0.4) is 0 Å². The first-order chi connectivity index (χ1) is 27.4. The molecule has 0 unspecified atom stereocenters. The second kappa shape index (κ2) is 14.1. The van der Waals surface area contributed by atoms with Crippen molar-refractivity contribution in [1.29, 1.82) is 0 Å². The molecule has 294 valence electrons. The number of rotatable bonds is 4. The maximum Gasteiger partial charge on any atom is 0.245 e. The van der Waals surface area contributed by atoms with Gasteiger partial charge in [0.05, 0.1) is 47.5 Å². The van der Waals surface area contributed by atoms with Gasteiger partial charge in [0.1, 0.15) is 40.8 Å². The van der Waals surface area contributed by atoms with Crippen LogP contribution in [0, 0.1) is 24.4 Å². The molecule has 2 saturated heterocycles. The van der Waals surface area contributed by atoms with E-state index < -0.39 is 29.6 Å². The lowest BCUT2D eigenvalue weighted by atomic mass is 10.1. The molecule has 18 heteroatoms. The van der Waals surface area contributed by atoms with E-state index in [1.807, 2.05) is 46.5 Å². The molecule has 9 rings (SSSR count). The lowest BCUT2D eigenvalue weighted by molar-refractivity contribution is -0.132. The fraction of sp³-hybridized carbons (Fsp3) is 0.359. The average molecular weight is 781 g/mol. The van der Waals surface area contributed by atoms with Crippen LogP contribution in [0.5, 0.6) is 0 Å². The van der Waals surface area contributed by atoms with Crippen LogP contribution in [0.15, 0.2) is 54.7 Å². The van der Waals surface area contributed by atoms with Crippen LogP contribution in [-0.2, 0) is 20.9 Å². The van der Waals surface area contributed by atoms with E-state index in [9.17, 15) is 14.0 Å². The molecular formula is C39H39F3N12O3. The Hall–Kier alpha value is -6.14. The van der Waals surface area contributed by atoms with Gasteiger partial charge >= 0.3 is 0 Å². The number of nitrogens with zero attached hydrogens (tertiary/aromatic N) is 11. The average Bonchev–Trinajstić information content (AvgIpc) is 3.88. The molecule has 2 amide bonds. The van der Waals surface area contributed by atoms with E-state index in [0.717, 1.165) is 12.1 Å². The van der Waals surface area contributed by atoms with Gasteiger partial charge in [0, 0.05) is 64.1 Å². The molecule has 2 fully saturated rings. The largest absolute Gasteiger partial charge is 0.378 e. The summed E-state index contributed by atoms with van der Waals surface area (Å²) in [5.41, 5.74) is 2.42. The van der Waals surface area contributed by atoms with Crippen LogP contribution in [0.4, 0.5) is 30.8 Å². The molecule has 3 aliphatic rings. The Labute approximate surface area is 324 Å². The second-order valence-corrected chi connectivity index (χ2v) is 14.8. The van der Waals surface area contributed by atoms with Crippen LogP contribution < -0.4 is 15.1 Å². The lowest BCUT2D eigenvalue weighted by Crippen LogP contribution is -2.50. The van der Waals surface area contributed by atoms with Gasteiger partial charge in [-0.15, -0.1) is 0 Å². The minimum absolute atomic E-state index is 0.0510. The molecule has 3 aliphatic heterocycles. The van der Waals surface area contributed by atoms with Crippen molar-refractivity contribution < 1.29 is 27.5 Å². The molecule has 1 N–H and O–H groups in total. The zero-order valence-corrected chi connectivity index (χ0v) is 31.7. The van der Waals surface area contributed by atoms with Crippen molar-refractivity contribution >= 4 is 51.5 Å². The summed E-state index contributed by atoms with van der Waals surface area (Å²) in [7, 11) is 5.14. The number of piperazine rings is 1. The number of aryl methyl sites for hydroxylation is 1. The SMILES string of the molecule is CO[C@H]1CN(C)C(=O)[C@@H]2C[C@@H](CN2c2nc(N3CCN(C)CC3=O)nc3c2cnn3-c2ccc(F)cc2F)Nc2cccc(n2)-c2cc(F)cc3nc(C)n(c23)C1. The van der Waals surface area contributed by atoms with Gasteiger partial charge in [0.2, 0.25) is 17.8 Å². The number of halogens is 3. The predicted octanol–water partition coefficient (Wildman–Crippen LogP) is 3.78. The zero-order valence-electron chi connectivity index (χ0n) is 31.7. The number of methoxy groups -OCH3 is 1. The molecule has 57 heavy (non-hydrogen) atoms. The molecule has 0 aliphatic carbocycles. The third-order valence-electron chi connectivity index (χ3n) is 11.0. The van der Waals surface area contributed by atoms with Gasteiger partial charge < -0.3 is 24.4 Å². The van der Waals surface area contributed by atoms with Crippen molar-refractivity contribution in [3.05, 3.63) is 78.0 Å². The van der Waals surface area contributed by atoms with Gasteiger partial charge in [0.25, 0.3) is 0 Å². The van der Waals surface area contributed by atoms with Crippen molar-refractivity contribution in [2.45, 2.75) is 38.1 Å². The molecule has 4 bridgehead atoms. The number of imidazole rings is 1. The number of ether oxygens (including phenoxy) is 1. The standard InChI is InChI=1S/C39H39F3N12O3/c1-21-44-30-14-23(41)12-26-29-6-5-7-33(46-29)45-24-15-32(38(56)50(3)18-25(57-4)19-52(21)35(26)30)53(17-24)36-27-16-43-54(31-9-8-22(40)13-28(31)42)37(27)48-39(47-36)51-11-10-49(2)20-34(51)55/h5-9,12-14,16,24-25,32H,10-11,15,17-20H2,1-4H3,(H,45,46)/t24-,25-,32-/m0/s1. The van der Waals surface area contributed by atoms with E-state index in [1.165, 1.54) is 34.0 Å². The molecule has 0 saturated carbocycles. The van der Waals surface area contributed by atoms with E-state index in [2.05, 4.69) is 15.4 Å². The first kappa shape index (κ1) is 36.5. The highest BCUT2D eigenvalue weighted by atomic mass is 19.1. The van der Waals surface area contributed by atoms with Crippen LogP contribution in [-0.4, -0.2) is 128 Å². The molecule has 7 heterocycles. The number of amides is 2. The summed E-state index contributed by atoms with van der Waals surface area (Å²) in [5, 5.41) is 8.37. The van der Waals surface area contributed by atoms with Gasteiger partial charge in [-0.25, -0.2) is 27.8 Å². The smallest absolute Gasteiger partial charge is 0.245 e. The van der Waals surface area contributed by atoms with Crippen molar-refractivity contribution in [2.24, 2.45) is 0 Å². The van der Waals surface area contributed by atoms with E-state index in [0.29, 0.717) is 71.2 Å². The van der Waals surface area contributed by atoms with Crippen LogP contribution >= 0.6 is 0 Å². The van der Waals surface area contributed by atoms with Crippen LogP contribution in [0.25, 0.3) is 39.0 Å². The number of likely N-dealkylation sites (N-methyl/N-ethyl adjacent to an activating group) is 2. The lowest BCUT2D eigenvalue weighted by Gasteiger charge is -2.33. The normalized spacial score (nSPS) is 20.7. The highest BCUT2D eigenvalue weighted by molar-refractivity contribution is 5.98. The summed E-state index contributed by atoms with van der Waals surface area (Å²) in [4.78, 5) is 54.3. The maximum atomic E-state index is 15.3. The molecule has 0 spiro atoms. The minimum atomic E-state index is -0.856. The number of nitrogens with one attached hydrogen (secondary N) is 1. The fourth-order valence-electron chi connectivity index (χ4n) is 8.17. The number of hydrogen-bond acceptors (Lipinski definition) is 11. The summed E-state index contributed by atoms with van der Waals surface area (Å²) in [6, 6.07) is 10.4. The highest BCUT2D eigenvalue weighted by Crippen LogP contribution is 2.36. The summed E-state index contributed by atoms with van der Waals surface area (Å²) < 4.78 is 53.6. The second-order valence-electron chi connectivity index (χ2n) is 14.8. The topological polar surface area (TPSA) is 143 Å². The van der Waals surface area contributed by atoms with Gasteiger partial charge in [-0.2, -0.15) is 15.1 Å². The Morgan fingerprint density at radius 3 is 2.54 bits per heavy atom. The Balaban J connectivity index is 1.18. The monoisotopic (exact) mass is 780 g/mol. The van der Waals surface area contributed by atoms with Gasteiger partial charge in [-0.05, 0) is 50.7 Å². The fourth-order valence-corrected chi connectivity index (χ4v) is 8.17. The molecule has 6 aromatic rings. The zero-order chi connectivity index (χ0) is 39.7. The van der Waals surface area contributed by atoms with Gasteiger partial charge in [0.15, 0.2) is 11.5 Å². The van der Waals surface area contributed by atoms with Crippen molar-refractivity contribution in [3.8, 4) is 16.9 Å². The first-order valence-electron chi connectivity index (χ1n) is 18.6. The Morgan fingerprint density at radius 2 is 1.75 bits per heavy atom. The number of carbonyl (C=O) groups is 2. The summed E-state index contributed by atoms with van der Waals surface area (Å²) in [5.74, 6) is -0.940. The van der Waals surface area contributed by atoms with Crippen molar-refractivity contribution in [2.75, 3.05) is 69.0 Å². The summed E-state index contributed by atoms with van der Waals surface area (Å²) in [6.45, 7) is 3.63. The minimum Gasteiger partial charge on any atom is -0.378 e. The number of benzene rings is 2. The number of pyridine rings is 1. The predicted molar refractivity (Wildman–Crippen MR) is 206 cm³/mol. The number of anilines is 3. The summed E-state index contributed by atoms with van der Waals surface area (Å²) >= 11 is 0. The third-order valence-corrected chi connectivity index (χ3v) is 11.0.